The van der Waals surface area contributed by atoms with Crippen LogP contribution in [0.3, 0.4) is 0 Å². The molecule has 3 rings (SSSR count). The first-order valence-electron chi connectivity index (χ1n) is 7.80. The Bertz CT molecular complexity index is 795. The minimum atomic E-state index is -0.0744. The molecule has 0 saturated heterocycles. The summed E-state index contributed by atoms with van der Waals surface area (Å²) in [5.74, 6) is 0.693. The molecule has 0 atom stereocenters. The summed E-state index contributed by atoms with van der Waals surface area (Å²) in [4.78, 5) is 19.3. The van der Waals surface area contributed by atoms with E-state index in [0.717, 1.165) is 28.4 Å². The molecule has 1 heterocycles. The van der Waals surface area contributed by atoms with Gasteiger partial charge in [-0.1, -0.05) is 30.3 Å². The first-order valence-corrected chi connectivity index (χ1v) is 7.80. The number of anilines is 1. The average Bonchev–Trinajstić information content (AvgIpc) is 3.03. The minimum Gasteiger partial charge on any atom is -0.493 e. The van der Waals surface area contributed by atoms with Crippen LogP contribution in [-0.4, -0.2) is 22.5 Å². The topological polar surface area (TPSA) is 67.0 Å². The predicted molar refractivity (Wildman–Crippen MR) is 93.9 cm³/mol. The van der Waals surface area contributed by atoms with Crippen LogP contribution in [0.15, 0.2) is 60.9 Å². The van der Waals surface area contributed by atoms with Crippen LogP contribution in [0.2, 0.25) is 0 Å². The van der Waals surface area contributed by atoms with Gasteiger partial charge in [-0.25, -0.2) is 4.98 Å². The van der Waals surface area contributed by atoms with Gasteiger partial charge in [0.15, 0.2) is 0 Å². The van der Waals surface area contributed by atoms with Crippen molar-refractivity contribution in [2.75, 3.05) is 11.9 Å². The van der Waals surface area contributed by atoms with Crippen molar-refractivity contribution in [2.45, 2.75) is 13.3 Å². The summed E-state index contributed by atoms with van der Waals surface area (Å²) in [7, 11) is 0. The Kier molecular flexibility index (Phi) is 4.91. The molecule has 2 aromatic carbocycles. The maximum atomic E-state index is 12.0. The number of nitrogens with one attached hydrogen (secondary N) is 2. The van der Waals surface area contributed by atoms with Crippen molar-refractivity contribution in [3.05, 3.63) is 66.6 Å². The maximum Gasteiger partial charge on any atom is 0.227 e. The molecule has 0 saturated carbocycles. The zero-order chi connectivity index (χ0) is 16.8. The fourth-order valence-electron chi connectivity index (χ4n) is 2.36. The summed E-state index contributed by atoms with van der Waals surface area (Å²) in [5.41, 5.74) is 3.71. The number of benzene rings is 2. The Morgan fingerprint density at radius 2 is 1.88 bits per heavy atom. The van der Waals surface area contributed by atoms with E-state index in [1.165, 1.54) is 0 Å². The SMILES string of the molecule is Cc1[nH]cnc1-c1ccc(NC(=O)CCOc2ccccc2)cc1. The first-order chi connectivity index (χ1) is 11.7. The molecule has 0 unspecified atom stereocenters. The van der Waals surface area contributed by atoms with Crippen LogP contribution >= 0.6 is 0 Å². The lowest BCUT2D eigenvalue weighted by Crippen LogP contribution is -2.15. The van der Waals surface area contributed by atoms with Crippen LogP contribution < -0.4 is 10.1 Å². The molecule has 1 aromatic heterocycles. The quantitative estimate of drug-likeness (QED) is 0.726. The molecule has 3 aromatic rings. The molecule has 0 aliphatic carbocycles. The molecular weight excluding hydrogens is 302 g/mol. The monoisotopic (exact) mass is 321 g/mol. The number of carbonyl (C=O) groups is 1. The number of amides is 1. The van der Waals surface area contributed by atoms with E-state index in [-0.39, 0.29) is 5.91 Å². The van der Waals surface area contributed by atoms with Crippen LogP contribution in [0.4, 0.5) is 5.69 Å². The van der Waals surface area contributed by atoms with Gasteiger partial charge in [-0.15, -0.1) is 0 Å². The number of hydrogen-bond donors (Lipinski definition) is 2. The Hall–Kier alpha value is -3.08. The summed E-state index contributed by atoms with van der Waals surface area (Å²) in [6.45, 7) is 2.32. The Labute approximate surface area is 140 Å². The largest absolute Gasteiger partial charge is 0.493 e. The molecule has 2 N–H and O–H groups in total. The van der Waals surface area contributed by atoms with Crippen LogP contribution in [0.5, 0.6) is 5.75 Å². The van der Waals surface area contributed by atoms with E-state index in [1.54, 1.807) is 6.33 Å². The number of imidazole rings is 1. The smallest absolute Gasteiger partial charge is 0.227 e. The Morgan fingerprint density at radius 1 is 1.12 bits per heavy atom. The zero-order valence-electron chi connectivity index (χ0n) is 13.5. The van der Waals surface area contributed by atoms with E-state index in [9.17, 15) is 4.79 Å². The van der Waals surface area contributed by atoms with E-state index >= 15 is 0 Å². The van der Waals surface area contributed by atoms with E-state index in [1.807, 2.05) is 61.5 Å². The number of H-pyrrole nitrogens is 1. The van der Waals surface area contributed by atoms with Crippen LogP contribution in [0.25, 0.3) is 11.3 Å². The van der Waals surface area contributed by atoms with Crippen molar-refractivity contribution in [1.29, 1.82) is 0 Å². The Balaban J connectivity index is 1.50. The minimum absolute atomic E-state index is 0.0744. The third-order valence-corrected chi connectivity index (χ3v) is 3.61. The predicted octanol–water partition coefficient (Wildman–Crippen LogP) is 3.79. The van der Waals surface area contributed by atoms with Gasteiger partial charge in [-0.3, -0.25) is 4.79 Å². The summed E-state index contributed by atoms with van der Waals surface area (Å²) >= 11 is 0. The molecule has 5 nitrogen and oxygen atoms in total. The summed E-state index contributed by atoms with van der Waals surface area (Å²) in [6.07, 6.45) is 1.97. The Morgan fingerprint density at radius 3 is 2.54 bits per heavy atom. The van der Waals surface area contributed by atoms with E-state index in [2.05, 4.69) is 15.3 Å². The second-order valence-corrected chi connectivity index (χ2v) is 5.41. The fraction of sp³-hybridized carbons (Fsp3) is 0.158. The lowest BCUT2D eigenvalue weighted by Gasteiger charge is -2.08. The third kappa shape index (κ3) is 4.01. The number of hydrogen-bond acceptors (Lipinski definition) is 3. The summed E-state index contributed by atoms with van der Waals surface area (Å²) in [6, 6.07) is 17.1. The van der Waals surface area contributed by atoms with Gasteiger partial charge in [0.25, 0.3) is 0 Å². The van der Waals surface area contributed by atoms with Crippen LogP contribution in [-0.2, 0) is 4.79 Å². The van der Waals surface area contributed by atoms with Crippen molar-refractivity contribution in [1.82, 2.24) is 9.97 Å². The molecule has 0 fully saturated rings. The van der Waals surface area contributed by atoms with Crippen molar-refractivity contribution < 1.29 is 9.53 Å². The number of rotatable bonds is 6. The van der Waals surface area contributed by atoms with Gasteiger partial charge >= 0.3 is 0 Å². The molecule has 1 amide bonds. The van der Waals surface area contributed by atoms with E-state index in [4.69, 9.17) is 4.74 Å². The number of aromatic amines is 1. The lowest BCUT2D eigenvalue weighted by molar-refractivity contribution is -0.116. The van der Waals surface area contributed by atoms with Crippen molar-refractivity contribution >= 4 is 11.6 Å². The molecule has 0 radical (unpaired) electrons. The van der Waals surface area contributed by atoms with Crippen molar-refractivity contribution in [3.8, 4) is 17.0 Å². The number of aryl methyl sites for hydroxylation is 1. The highest BCUT2D eigenvalue weighted by atomic mass is 16.5. The van der Waals surface area contributed by atoms with Crippen LogP contribution in [0.1, 0.15) is 12.1 Å². The van der Waals surface area contributed by atoms with E-state index in [0.29, 0.717) is 13.0 Å². The molecule has 5 heteroatoms. The molecule has 0 bridgehead atoms. The first kappa shape index (κ1) is 15.8. The second kappa shape index (κ2) is 7.46. The molecule has 0 aliphatic heterocycles. The van der Waals surface area contributed by atoms with Gasteiger partial charge in [0, 0.05) is 16.9 Å². The molecule has 0 spiro atoms. The fourth-order valence-corrected chi connectivity index (χ4v) is 2.36. The standard InChI is InChI=1S/C19H19N3O2/c1-14-19(21-13-20-14)15-7-9-16(10-8-15)22-18(23)11-12-24-17-5-3-2-4-6-17/h2-10,13H,11-12H2,1H3,(H,20,21)(H,22,23). The van der Waals surface area contributed by atoms with Crippen molar-refractivity contribution in [2.24, 2.45) is 0 Å². The zero-order valence-corrected chi connectivity index (χ0v) is 13.5. The summed E-state index contributed by atoms with van der Waals surface area (Å²) in [5, 5.41) is 2.87. The van der Waals surface area contributed by atoms with Gasteiger partial charge in [-0.2, -0.15) is 0 Å². The van der Waals surface area contributed by atoms with Gasteiger partial charge in [0.1, 0.15) is 5.75 Å². The number of nitrogens with zero attached hydrogens (tertiary/aromatic N) is 1. The molecule has 0 aliphatic rings. The van der Waals surface area contributed by atoms with Gasteiger partial charge in [0.05, 0.1) is 25.0 Å². The number of ether oxygens (including phenoxy) is 1. The normalized spacial score (nSPS) is 10.4. The highest BCUT2D eigenvalue weighted by molar-refractivity contribution is 5.91. The summed E-state index contributed by atoms with van der Waals surface area (Å²) < 4.78 is 5.52. The maximum absolute atomic E-state index is 12.0. The highest BCUT2D eigenvalue weighted by Crippen LogP contribution is 2.21. The highest BCUT2D eigenvalue weighted by Gasteiger charge is 2.06. The average molecular weight is 321 g/mol. The second-order valence-electron chi connectivity index (χ2n) is 5.41. The number of para-hydroxylation sites is 1. The van der Waals surface area contributed by atoms with Crippen LogP contribution in [0, 0.1) is 6.92 Å². The lowest BCUT2D eigenvalue weighted by atomic mass is 10.1. The molecule has 24 heavy (non-hydrogen) atoms. The van der Waals surface area contributed by atoms with Crippen molar-refractivity contribution in [3.63, 3.8) is 0 Å². The number of aromatic nitrogens is 2. The third-order valence-electron chi connectivity index (χ3n) is 3.61. The number of carbonyl (C=O) groups excluding carboxylic acids is 1. The molecular formula is C19H19N3O2. The van der Waals surface area contributed by atoms with Gasteiger partial charge in [0.2, 0.25) is 5.91 Å². The van der Waals surface area contributed by atoms with Gasteiger partial charge in [-0.05, 0) is 31.2 Å². The van der Waals surface area contributed by atoms with E-state index < -0.39 is 0 Å². The van der Waals surface area contributed by atoms with Gasteiger partial charge < -0.3 is 15.0 Å². The molecule has 122 valence electrons.